The molecule has 0 aliphatic heterocycles. The van der Waals surface area contributed by atoms with E-state index in [2.05, 4.69) is 9.97 Å². The summed E-state index contributed by atoms with van der Waals surface area (Å²) in [5.74, 6) is -0.429. The van der Waals surface area contributed by atoms with E-state index in [0.29, 0.717) is 21.3 Å². The van der Waals surface area contributed by atoms with Crippen molar-refractivity contribution in [2.75, 3.05) is 12.8 Å². The molecule has 2 aromatic rings. The summed E-state index contributed by atoms with van der Waals surface area (Å²) in [6, 6.07) is 5.10. The number of nitrogen functional groups attached to an aromatic ring is 1. The van der Waals surface area contributed by atoms with Crippen LogP contribution in [-0.2, 0) is 4.74 Å². The number of methoxy groups -OCH3 is 1. The number of hydrogen-bond donors (Lipinski definition) is 1. The number of carbonyl (C=O) groups excluding carboxylic acids is 1. The van der Waals surface area contributed by atoms with Gasteiger partial charge in [-0.15, -0.1) is 0 Å². The summed E-state index contributed by atoms with van der Waals surface area (Å²) in [5, 5.41) is 0.536. The normalized spacial score (nSPS) is 10.2. The Balaban J connectivity index is 2.38. The Morgan fingerprint density at radius 3 is 2.63 bits per heavy atom. The molecule has 0 spiro atoms. The first kappa shape index (κ1) is 13.4. The van der Waals surface area contributed by atoms with E-state index < -0.39 is 5.97 Å². The predicted molar refractivity (Wildman–Crippen MR) is 73.1 cm³/mol. The monoisotopic (exact) mass is 275 g/mol. The lowest BCUT2D eigenvalue weighted by Gasteiger charge is -2.09. The topological polar surface area (TPSA) is 78.1 Å². The number of nitrogens with two attached hydrogens (primary N) is 1. The maximum atomic E-state index is 11.7. The standard InChI is InChI=1S/C13H13N3O2S/c1-8-6-15-13(16-7-8)19-11-9(12(17)18-2)4-3-5-10(11)14/h3-7H,14H2,1-2H3. The van der Waals surface area contributed by atoms with Gasteiger partial charge in [0.25, 0.3) is 0 Å². The fourth-order valence-corrected chi connectivity index (χ4v) is 2.30. The maximum absolute atomic E-state index is 11.7. The minimum absolute atomic E-state index is 0.414. The van der Waals surface area contributed by atoms with Crippen LogP contribution in [0.1, 0.15) is 15.9 Å². The average Bonchev–Trinajstić information content (AvgIpc) is 2.42. The van der Waals surface area contributed by atoms with E-state index in [4.69, 9.17) is 10.5 Å². The summed E-state index contributed by atoms with van der Waals surface area (Å²) in [6.07, 6.45) is 3.43. The zero-order valence-electron chi connectivity index (χ0n) is 10.6. The van der Waals surface area contributed by atoms with Crippen molar-refractivity contribution < 1.29 is 9.53 Å². The number of aryl methyl sites for hydroxylation is 1. The number of anilines is 1. The summed E-state index contributed by atoms with van der Waals surface area (Å²) in [6.45, 7) is 1.91. The molecule has 0 bridgehead atoms. The van der Waals surface area contributed by atoms with Gasteiger partial charge in [0.05, 0.1) is 17.6 Å². The zero-order valence-corrected chi connectivity index (χ0v) is 11.4. The van der Waals surface area contributed by atoms with Crippen LogP contribution in [0, 0.1) is 6.92 Å². The molecule has 0 aliphatic rings. The summed E-state index contributed by atoms with van der Waals surface area (Å²) in [7, 11) is 1.34. The molecule has 0 aliphatic carbocycles. The molecule has 0 saturated heterocycles. The second kappa shape index (κ2) is 5.71. The summed E-state index contributed by atoms with van der Waals surface area (Å²) in [5.41, 5.74) is 7.79. The quantitative estimate of drug-likeness (QED) is 0.526. The zero-order chi connectivity index (χ0) is 13.8. The minimum atomic E-state index is -0.429. The van der Waals surface area contributed by atoms with Gasteiger partial charge in [0, 0.05) is 18.1 Å². The molecule has 0 radical (unpaired) electrons. The van der Waals surface area contributed by atoms with Crippen LogP contribution < -0.4 is 5.73 Å². The first-order valence-corrected chi connectivity index (χ1v) is 6.36. The molecule has 0 fully saturated rings. The van der Waals surface area contributed by atoms with Gasteiger partial charge >= 0.3 is 5.97 Å². The molecule has 98 valence electrons. The van der Waals surface area contributed by atoms with Gasteiger partial charge < -0.3 is 10.5 Å². The molecule has 1 heterocycles. The van der Waals surface area contributed by atoms with Crippen molar-refractivity contribution in [2.24, 2.45) is 0 Å². The lowest BCUT2D eigenvalue weighted by Crippen LogP contribution is -2.05. The fourth-order valence-electron chi connectivity index (χ4n) is 1.46. The smallest absolute Gasteiger partial charge is 0.339 e. The van der Waals surface area contributed by atoms with Crippen LogP contribution >= 0.6 is 11.8 Å². The first-order chi connectivity index (χ1) is 9.11. The van der Waals surface area contributed by atoms with Crippen molar-refractivity contribution in [1.29, 1.82) is 0 Å². The number of nitrogens with zero attached hydrogens (tertiary/aromatic N) is 2. The predicted octanol–water partition coefficient (Wildman–Crippen LogP) is 2.31. The number of esters is 1. The van der Waals surface area contributed by atoms with E-state index in [0.717, 1.165) is 5.56 Å². The van der Waals surface area contributed by atoms with Gasteiger partial charge in [0.1, 0.15) is 0 Å². The average molecular weight is 275 g/mol. The fraction of sp³-hybridized carbons (Fsp3) is 0.154. The van der Waals surface area contributed by atoms with E-state index in [-0.39, 0.29) is 0 Å². The van der Waals surface area contributed by atoms with Crippen LogP contribution in [0.4, 0.5) is 5.69 Å². The summed E-state index contributed by atoms with van der Waals surface area (Å²) in [4.78, 5) is 20.7. The second-order valence-corrected chi connectivity index (χ2v) is 4.84. The lowest BCUT2D eigenvalue weighted by atomic mass is 10.2. The minimum Gasteiger partial charge on any atom is -0.465 e. The lowest BCUT2D eigenvalue weighted by molar-refractivity contribution is 0.0597. The first-order valence-electron chi connectivity index (χ1n) is 5.55. The van der Waals surface area contributed by atoms with Gasteiger partial charge in [-0.05, 0) is 36.4 Å². The Kier molecular flexibility index (Phi) is 4.01. The third kappa shape index (κ3) is 3.03. The van der Waals surface area contributed by atoms with Crippen LogP contribution in [0.2, 0.25) is 0 Å². The Morgan fingerprint density at radius 1 is 1.32 bits per heavy atom. The molecule has 1 aromatic heterocycles. The molecule has 0 saturated carbocycles. The second-order valence-electron chi connectivity index (χ2n) is 3.86. The summed E-state index contributed by atoms with van der Waals surface area (Å²) < 4.78 is 4.74. The highest BCUT2D eigenvalue weighted by Crippen LogP contribution is 2.33. The highest BCUT2D eigenvalue weighted by atomic mass is 32.2. The number of rotatable bonds is 3. The van der Waals surface area contributed by atoms with Crippen molar-refractivity contribution in [3.8, 4) is 0 Å². The molecule has 19 heavy (non-hydrogen) atoms. The van der Waals surface area contributed by atoms with Crippen molar-refractivity contribution >= 4 is 23.4 Å². The molecule has 0 atom stereocenters. The van der Waals surface area contributed by atoms with Gasteiger partial charge in [0.15, 0.2) is 5.16 Å². The molecule has 2 rings (SSSR count). The number of carbonyl (C=O) groups is 1. The van der Waals surface area contributed by atoms with Crippen molar-refractivity contribution in [3.05, 3.63) is 41.7 Å². The van der Waals surface area contributed by atoms with E-state index in [9.17, 15) is 4.79 Å². The summed E-state index contributed by atoms with van der Waals surface area (Å²) >= 11 is 1.25. The number of benzene rings is 1. The van der Waals surface area contributed by atoms with Crippen molar-refractivity contribution in [2.45, 2.75) is 17.0 Å². The highest BCUT2D eigenvalue weighted by Gasteiger charge is 2.16. The third-order valence-corrected chi connectivity index (χ3v) is 3.45. The molecular weight excluding hydrogens is 262 g/mol. The van der Waals surface area contributed by atoms with Crippen LogP contribution in [0.3, 0.4) is 0 Å². The van der Waals surface area contributed by atoms with Gasteiger partial charge in [-0.1, -0.05) is 6.07 Å². The molecular formula is C13H13N3O2S. The van der Waals surface area contributed by atoms with E-state index in [1.165, 1.54) is 18.9 Å². The van der Waals surface area contributed by atoms with Crippen LogP contribution in [0.15, 0.2) is 40.6 Å². The van der Waals surface area contributed by atoms with E-state index in [1.807, 2.05) is 6.92 Å². The Bertz CT molecular complexity index is 599. The van der Waals surface area contributed by atoms with Crippen molar-refractivity contribution in [1.82, 2.24) is 9.97 Å². The van der Waals surface area contributed by atoms with Crippen molar-refractivity contribution in [3.63, 3.8) is 0 Å². The molecule has 1 aromatic carbocycles. The van der Waals surface area contributed by atoms with Crippen LogP contribution in [0.25, 0.3) is 0 Å². The molecule has 2 N–H and O–H groups in total. The maximum Gasteiger partial charge on any atom is 0.339 e. The Morgan fingerprint density at radius 2 is 2.00 bits per heavy atom. The van der Waals surface area contributed by atoms with E-state index >= 15 is 0 Å². The Labute approximate surface area is 115 Å². The largest absolute Gasteiger partial charge is 0.465 e. The molecule has 5 nitrogen and oxygen atoms in total. The third-order valence-electron chi connectivity index (χ3n) is 2.40. The van der Waals surface area contributed by atoms with Gasteiger partial charge in [-0.3, -0.25) is 0 Å². The number of hydrogen-bond acceptors (Lipinski definition) is 6. The number of aromatic nitrogens is 2. The van der Waals surface area contributed by atoms with Gasteiger partial charge in [0.2, 0.25) is 0 Å². The number of ether oxygens (including phenoxy) is 1. The Hall–Kier alpha value is -2.08. The van der Waals surface area contributed by atoms with E-state index in [1.54, 1.807) is 30.6 Å². The molecule has 6 heteroatoms. The highest BCUT2D eigenvalue weighted by molar-refractivity contribution is 7.99. The SMILES string of the molecule is COC(=O)c1cccc(N)c1Sc1ncc(C)cn1. The van der Waals surface area contributed by atoms with Gasteiger partial charge in [-0.2, -0.15) is 0 Å². The molecule has 0 amide bonds. The van der Waals surface area contributed by atoms with Crippen LogP contribution in [-0.4, -0.2) is 23.0 Å². The molecule has 0 unspecified atom stereocenters. The van der Waals surface area contributed by atoms with Crippen LogP contribution in [0.5, 0.6) is 0 Å². The van der Waals surface area contributed by atoms with Gasteiger partial charge in [-0.25, -0.2) is 14.8 Å².